The first kappa shape index (κ1) is 23.9. The van der Waals surface area contributed by atoms with Crippen LogP contribution >= 0.6 is 0 Å². The molecule has 1 saturated heterocycles. The van der Waals surface area contributed by atoms with Gasteiger partial charge < -0.3 is 31.4 Å². The highest BCUT2D eigenvalue weighted by molar-refractivity contribution is 5.80. The predicted molar refractivity (Wildman–Crippen MR) is 115 cm³/mol. The zero-order valence-electron chi connectivity index (χ0n) is 18.4. The van der Waals surface area contributed by atoms with Gasteiger partial charge in [-0.1, -0.05) is 32.6 Å². The first-order valence-corrected chi connectivity index (χ1v) is 12.0. The van der Waals surface area contributed by atoms with Gasteiger partial charge >= 0.3 is 0 Å². The van der Waals surface area contributed by atoms with Crippen LogP contribution in [0.15, 0.2) is 0 Å². The minimum atomic E-state index is -0.759. The van der Waals surface area contributed by atoms with Crippen molar-refractivity contribution in [2.24, 2.45) is 35.1 Å². The van der Waals surface area contributed by atoms with Crippen molar-refractivity contribution < 1.29 is 19.4 Å². The summed E-state index contributed by atoms with van der Waals surface area (Å²) in [7, 11) is 0. The number of aliphatic hydroxyl groups excluding tert-OH is 1. The van der Waals surface area contributed by atoms with Gasteiger partial charge in [0.25, 0.3) is 0 Å². The van der Waals surface area contributed by atoms with E-state index in [0.29, 0.717) is 26.2 Å². The number of amides is 1. The highest BCUT2D eigenvalue weighted by atomic mass is 16.7. The van der Waals surface area contributed by atoms with Crippen LogP contribution in [0, 0.1) is 23.7 Å². The Morgan fingerprint density at radius 2 is 1.87 bits per heavy atom. The van der Waals surface area contributed by atoms with E-state index >= 15 is 0 Å². The zero-order chi connectivity index (χ0) is 21.5. The van der Waals surface area contributed by atoms with Crippen molar-refractivity contribution in [1.29, 1.82) is 0 Å². The van der Waals surface area contributed by atoms with Gasteiger partial charge in [-0.25, -0.2) is 0 Å². The number of fused-ring (bicyclic) bond motifs is 4. The molecule has 2 aliphatic carbocycles. The Balaban J connectivity index is 1.64. The molecule has 8 heteroatoms. The summed E-state index contributed by atoms with van der Waals surface area (Å²) < 4.78 is 12.6. The van der Waals surface area contributed by atoms with Gasteiger partial charge in [-0.2, -0.15) is 0 Å². The average Bonchev–Trinajstić information content (AvgIpc) is 3.30. The molecule has 0 spiro atoms. The van der Waals surface area contributed by atoms with Crippen molar-refractivity contribution in [3.63, 3.8) is 0 Å². The highest BCUT2D eigenvalue weighted by Crippen LogP contribution is 2.54. The van der Waals surface area contributed by atoms with Crippen LogP contribution in [0.5, 0.6) is 0 Å². The first-order valence-electron chi connectivity index (χ1n) is 12.0. The van der Waals surface area contributed by atoms with E-state index in [4.69, 9.17) is 20.9 Å². The molecular formula is C22H42N4O4. The number of ether oxygens (including phenoxy) is 2. The molecule has 8 atom stereocenters. The number of carbonyl (C=O) groups excluding carboxylic acids is 1. The summed E-state index contributed by atoms with van der Waals surface area (Å²) in [6.45, 7) is 4.03. The second-order valence-electron chi connectivity index (χ2n) is 9.17. The van der Waals surface area contributed by atoms with Gasteiger partial charge in [-0.3, -0.25) is 10.1 Å². The molecule has 2 saturated carbocycles. The number of hydrogen-bond acceptors (Lipinski definition) is 7. The predicted octanol–water partition coefficient (Wildman–Crippen LogP) is 0.671. The van der Waals surface area contributed by atoms with Crippen molar-refractivity contribution >= 4 is 5.91 Å². The summed E-state index contributed by atoms with van der Waals surface area (Å²) in [5, 5.41) is 16.9. The van der Waals surface area contributed by atoms with Crippen molar-refractivity contribution in [1.82, 2.24) is 10.6 Å². The largest absolute Gasteiger partial charge is 0.378 e. The fourth-order valence-corrected chi connectivity index (χ4v) is 5.81. The normalized spacial score (nSPS) is 35.9. The van der Waals surface area contributed by atoms with E-state index in [1.807, 2.05) is 0 Å². The fourth-order valence-electron chi connectivity index (χ4n) is 5.81. The molecule has 0 aromatic carbocycles. The fraction of sp³-hybridized carbons (Fsp3) is 0.955. The van der Waals surface area contributed by atoms with Crippen molar-refractivity contribution in [3.8, 4) is 0 Å². The van der Waals surface area contributed by atoms with Crippen molar-refractivity contribution in [2.45, 2.75) is 83.0 Å². The molecule has 1 aliphatic heterocycles. The molecule has 8 nitrogen and oxygen atoms in total. The minimum Gasteiger partial charge on any atom is -0.378 e. The molecule has 3 aliphatic rings. The monoisotopic (exact) mass is 426 g/mol. The number of nitrogens with two attached hydrogens (primary N) is 2. The Hall–Kier alpha value is -0.770. The number of aliphatic hydroxyl groups is 1. The summed E-state index contributed by atoms with van der Waals surface area (Å²) in [5.41, 5.74) is 11.2. The van der Waals surface area contributed by atoms with E-state index in [0.717, 1.165) is 25.7 Å². The lowest BCUT2D eigenvalue weighted by Crippen LogP contribution is -2.48. The maximum atomic E-state index is 13.1. The smallest absolute Gasteiger partial charge is 0.223 e. The number of rotatable bonds is 13. The SMILES string of the molecule is CCCCCCCC1OC2CC3CC(C2O1)C(C(=O)NCCN)C3C(O)NCCN. The van der Waals surface area contributed by atoms with Crippen LogP contribution in [0.1, 0.15) is 58.3 Å². The number of hydrogen-bond donors (Lipinski definition) is 5. The van der Waals surface area contributed by atoms with Crippen LogP contribution in [-0.2, 0) is 14.3 Å². The van der Waals surface area contributed by atoms with E-state index in [9.17, 15) is 9.90 Å². The standard InChI is InChI=1S/C22H42N4O4/c1-2-3-4-5-6-7-17-29-16-13-14-12-15(20(16)30-17)19(22(28)26-11-9-24)18(14)21(27)25-10-8-23/h14-21,25,27H,2-13,23-24H2,1H3,(H,26,28). The van der Waals surface area contributed by atoms with Gasteiger partial charge in [0, 0.05) is 38.0 Å². The van der Waals surface area contributed by atoms with Crippen molar-refractivity contribution in [3.05, 3.63) is 0 Å². The Labute approximate surface area is 180 Å². The summed E-state index contributed by atoms with van der Waals surface area (Å²) in [4.78, 5) is 13.1. The Kier molecular flexibility index (Phi) is 9.34. The molecule has 3 fully saturated rings. The molecular weight excluding hydrogens is 384 g/mol. The molecule has 174 valence electrons. The minimum absolute atomic E-state index is 0.0194. The number of nitrogens with one attached hydrogen (secondary N) is 2. The summed E-state index contributed by atoms with van der Waals surface area (Å²) >= 11 is 0. The lowest BCUT2D eigenvalue weighted by molar-refractivity contribution is -0.133. The Morgan fingerprint density at radius 1 is 1.10 bits per heavy atom. The molecule has 2 bridgehead atoms. The molecule has 0 aromatic rings. The quantitative estimate of drug-likeness (QED) is 0.216. The van der Waals surface area contributed by atoms with Crippen LogP contribution in [0.3, 0.4) is 0 Å². The van der Waals surface area contributed by atoms with Gasteiger partial charge in [-0.05, 0) is 31.6 Å². The third kappa shape index (κ3) is 5.53. The second kappa shape index (κ2) is 11.7. The van der Waals surface area contributed by atoms with E-state index in [1.54, 1.807) is 0 Å². The lowest BCUT2D eigenvalue weighted by atomic mass is 9.82. The maximum Gasteiger partial charge on any atom is 0.223 e. The van der Waals surface area contributed by atoms with Gasteiger partial charge in [0.15, 0.2) is 6.29 Å². The maximum absolute atomic E-state index is 13.1. The first-order chi connectivity index (χ1) is 14.6. The lowest BCUT2D eigenvalue weighted by Gasteiger charge is -2.30. The summed E-state index contributed by atoms with van der Waals surface area (Å²) in [6.07, 6.45) is 7.79. The third-order valence-electron chi connectivity index (χ3n) is 7.11. The molecule has 1 heterocycles. The average molecular weight is 427 g/mol. The van der Waals surface area contributed by atoms with Crippen LogP contribution in [0.25, 0.3) is 0 Å². The zero-order valence-corrected chi connectivity index (χ0v) is 18.4. The van der Waals surface area contributed by atoms with Gasteiger partial charge in [0.2, 0.25) is 5.91 Å². The Morgan fingerprint density at radius 3 is 2.60 bits per heavy atom. The Bertz CT molecular complexity index is 537. The number of carbonyl (C=O) groups is 1. The molecule has 8 unspecified atom stereocenters. The second-order valence-corrected chi connectivity index (χ2v) is 9.17. The topological polar surface area (TPSA) is 132 Å². The molecule has 30 heavy (non-hydrogen) atoms. The summed E-state index contributed by atoms with van der Waals surface area (Å²) in [5.74, 6) is -0.194. The van der Waals surface area contributed by atoms with Crippen LogP contribution in [0.4, 0.5) is 0 Å². The van der Waals surface area contributed by atoms with Crippen molar-refractivity contribution in [2.75, 3.05) is 26.2 Å². The van der Waals surface area contributed by atoms with Gasteiger partial charge in [-0.15, -0.1) is 0 Å². The van der Waals surface area contributed by atoms with Crippen LogP contribution < -0.4 is 22.1 Å². The molecule has 1 amide bonds. The van der Waals surface area contributed by atoms with E-state index in [1.165, 1.54) is 25.7 Å². The highest BCUT2D eigenvalue weighted by Gasteiger charge is 2.60. The van der Waals surface area contributed by atoms with Gasteiger partial charge in [0.1, 0.15) is 6.23 Å². The van der Waals surface area contributed by atoms with E-state index < -0.39 is 6.23 Å². The van der Waals surface area contributed by atoms with Gasteiger partial charge in [0.05, 0.1) is 18.1 Å². The number of unbranched alkanes of at least 4 members (excludes halogenated alkanes) is 4. The van der Waals surface area contributed by atoms with Crippen LogP contribution in [0.2, 0.25) is 0 Å². The molecule has 0 radical (unpaired) electrons. The van der Waals surface area contributed by atoms with Crippen LogP contribution in [-0.4, -0.2) is 61.9 Å². The van der Waals surface area contributed by atoms with E-state index in [2.05, 4.69) is 17.6 Å². The molecule has 7 N–H and O–H groups in total. The van der Waals surface area contributed by atoms with E-state index in [-0.39, 0.29) is 48.1 Å². The summed E-state index contributed by atoms with van der Waals surface area (Å²) in [6, 6.07) is 0. The molecule has 3 rings (SSSR count). The third-order valence-corrected chi connectivity index (χ3v) is 7.11. The molecule has 0 aromatic heterocycles.